The molecule has 2 heterocycles. The molecular formula is C44H27NS. The molecule has 0 bridgehead atoms. The van der Waals surface area contributed by atoms with E-state index in [2.05, 4.69) is 168 Å². The summed E-state index contributed by atoms with van der Waals surface area (Å²) in [5.41, 5.74) is 8.74. The minimum atomic E-state index is 1.22. The van der Waals surface area contributed by atoms with Crippen molar-refractivity contribution in [3.8, 4) is 27.9 Å². The zero-order valence-electron chi connectivity index (χ0n) is 24.9. The monoisotopic (exact) mass is 601 g/mol. The predicted molar refractivity (Wildman–Crippen MR) is 200 cm³/mol. The molecule has 0 amide bonds. The molecule has 0 atom stereocenters. The third-order valence-electron chi connectivity index (χ3n) is 9.58. The number of nitrogens with zero attached hydrogens (tertiary/aromatic N) is 1. The van der Waals surface area contributed by atoms with Gasteiger partial charge in [-0.3, -0.25) is 0 Å². The molecule has 2 heteroatoms. The van der Waals surface area contributed by atoms with Crippen LogP contribution in [0.4, 0.5) is 0 Å². The van der Waals surface area contributed by atoms with Gasteiger partial charge in [0.25, 0.3) is 0 Å². The van der Waals surface area contributed by atoms with Crippen LogP contribution < -0.4 is 0 Å². The highest BCUT2D eigenvalue weighted by Crippen LogP contribution is 2.45. The molecule has 1 nitrogen and oxygen atoms in total. The van der Waals surface area contributed by atoms with E-state index in [0.29, 0.717) is 0 Å². The SMILES string of the molecule is c1ccc(-c2c3ccccc3c(-n3c4ccccc4c4cc(-c5cccc6c5sc5ccccc56)ccc43)c3ccccc23)cc1. The molecule has 0 N–H and O–H groups in total. The van der Waals surface area contributed by atoms with Gasteiger partial charge < -0.3 is 4.57 Å². The van der Waals surface area contributed by atoms with Crippen LogP contribution in [0.5, 0.6) is 0 Å². The Hall–Kier alpha value is -5.70. The van der Waals surface area contributed by atoms with Crippen LogP contribution in [-0.2, 0) is 0 Å². The fourth-order valence-corrected chi connectivity index (χ4v) is 8.86. The molecule has 0 unspecified atom stereocenters. The summed E-state index contributed by atoms with van der Waals surface area (Å²) in [7, 11) is 0. The van der Waals surface area contributed by atoms with Crippen molar-refractivity contribution in [1.82, 2.24) is 4.57 Å². The van der Waals surface area contributed by atoms with Crippen molar-refractivity contribution in [2.24, 2.45) is 0 Å². The highest BCUT2D eigenvalue weighted by molar-refractivity contribution is 7.26. The fraction of sp³-hybridized carbons (Fsp3) is 0. The quantitative estimate of drug-likeness (QED) is 0.178. The lowest BCUT2D eigenvalue weighted by Crippen LogP contribution is -1.99. The summed E-state index contributed by atoms with van der Waals surface area (Å²) in [5, 5.41) is 10.2. The van der Waals surface area contributed by atoms with Crippen LogP contribution in [0.3, 0.4) is 0 Å². The Morgan fingerprint density at radius 2 is 0.957 bits per heavy atom. The summed E-state index contributed by atoms with van der Waals surface area (Å²) in [4.78, 5) is 0. The highest BCUT2D eigenvalue weighted by Gasteiger charge is 2.21. The van der Waals surface area contributed by atoms with Crippen LogP contribution in [0, 0.1) is 0 Å². The van der Waals surface area contributed by atoms with Crippen molar-refractivity contribution in [3.05, 3.63) is 164 Å². The first-order valence-corrected chi connectivity index (χ1v) is 16.6. The van der Waals surface area contributed by atoms with Crippen LogP contribution in [0.2, 0.25) is 0 Å². The number of thiophene rings is 1. The number of benzene rings is 8. The molecule has 214 valence electrons. The van der Waals surface area contributed by atoms with E-state index in [1.807, 2.05) is 11.3 Å². The average Bonchev–Trinajstić information content (AvgIpc) is 3.66. The normalized spacial score (nSPS) is 11.9. The van der Waals surface area contributed by atoms with E-state index in [1.165, 1.54) is 91.5 Å². The van der Waals surface area contributed by atoms with Gasteiger partial charge in [-0.25, -0.2) is 0 Å². The maximum Gasteiger partial charge on any atom is 0.0619 e. The van der Waals surface area contributed by atoms with E-state index in [4.69, 9.17) is 0 Å². The third-order valence-corrected chi connectivity index (χ3v) is 10.8. The second kappa shape index (κ2) is 9.90. The van der Waals surface area contributed by atoms with Gasteiger partial charge in [0.15, 0.2) is 0 Å². The third kappa shape index (κ3) is 3.62. The van der Waals surface area contributed by atoms with Gasteiger partial charge in [0.2, 0.25) is 0 Å². The summed E-state index contributed by atoms with van der Waals surface area (Å²) in [6.07, 6.45) is 0. The van der Waals surface area contributed by atoms with Crippen LogP contribution in [-0.4, -0.2) is 4.57 Å². The number of rotatable bonds is 3. The van der Waals surface area contributed by atoms with Crippen molar-refractivity contribution in [1.29, 1.82) is 0 Å². The Morgan fingerprint density at radius 1 is 0.370 bits per heavy atom. The summed E-state index contributed by atoms with van der Waals surface area (Å²) in [5.74, 6) is 0. The van der Waals surface area contributed by atoms with Crippen LogP contribution >= 0.6 is 11.3 Å². The number of fused-ring (bicyclic) bond motifs is 8. The summed E-state index contributed by atoms with van der Waals surface area (Å²) in [6, 6.07) is 60.1. The summed E-state index contributed by atoms with van der Waals surface area (Å²) in [6.45, 7) is 0. The van der Waals surface area contributed by atoms with E-state index < -0.39 is 0 Å². The Balaban J connectivity index is 1.30. The van der Waals surface area contributed by atoms with E-state index >= 15 is 0 Å². The van der Waals surface area contributed by atoms with Gasteiger partial charge in [-0.15, -0.1) is 11.3 Å². The zero-order valence-corrected chi connectivity index (χ0v) is 25.8. The van der Waals surface area contributed by atoms with Crippen molar-refractivity contribution in [3.63, 3.8) is 0 Å². The van der Waals surface area contributed by atoms with Crippen molar-refractivity contribution in [2.45, 2.75) is 0 Å². The molecular weight excluding hydrogens is 575 g/mol. The van der Waals surface area contributed by atoms with E-state index in [1.54, 1.807) is 0 Å². The summed E-state index contributed by atoms with van der Waals surface area (Å²) < 4.78 is 5.19. The molecule has 0 saturated heterocycles. The van der Waals surface area contributed by atoms with E-state index in [-0.39, 0.29) is 0 Å². The molecule has 0 saturated carbocycles. The minimum absolute atomic E-state index is 1.22. The van der Waals surface area contributed by atoms with E-state index in [9.17, 15) is 0 Å². The Morgan fingerprint density at radius 3 is 1.72 bits per heavy atom. The first-order valence-electron chi connectivity index (χ1n) is 15.8. The zero-order chi connectivity index (χ0) is 30.2. The van der Waals surface area contributed by atoms with Gasteiger partial charge in [0.05, 0.1) is 16.7 Å². The average molecular weight is 602 g/mol. The lowest BCUT2D eigenvalue weighted by molar-refractivity contribution is 1.21. The van der Waals surface area contributed by atoms with Crippen molar-refractivity contribution >= 4 is 74.9 Å². The van der Waals surface area contributed by atoms with Gasteiger partial charge in [-0.1, -0.05) is 140 Å². The smallest absolute Gasteiger partial charge is 0.0619 e. The number of hydrogen-bond donors (Lipinski definition) is 0. The topological polar surface area (TPSA) is 4.93 Å². The Bertz CT molecular complexity index is 2740. The predicted octanol–water partition coefficient (Wildman–Crippen LogP) is 12.8. The van der Waals surface area contributed by atoms with Gasteiger partial charge >= 0.3 is 0 Å². The minimum Gasteiger partial charge on any atom is -0.308 e. The van der Waals surface area contributed by atoms with E-state index in [0.717, 1.165) is 0 Å². The lowest BCUT2D eigenvalue weighted by Gasteiger charge is -2.19. The molecule has 10 rings (SSSR count). The van der Waals surface area contributed by atoms with Gasteiger partial charge in [0.1, 0.15) is 0 Å². The maximum absolute atomic E-state index is 2.51. The standard InChI is InChI=1S/C44H27NS/c1-2-13-28(14-3-1)42-33-17-4-6-19-35(33)43(36-20-7-5-18-34(36)42)45-39-23-10-8-15-31(39)38-27-29(25-26-40(38)45)30-21-12-22-37-32-16-9-11-24-41(32)46-44(30)37/h1-27H. The second-order valence-electron chi connectivity index (χ2n) is 12.0. The molecule has 0 aliphatic heterocycles. The molecule has 2 aromatic heterocycles. The van der Waals surface area contributed by atoms with Crippen molar-refractivity contribution in [2.75, 3.05) is 0 Å². The fourth-order valence-electron chi connectivity index (χ4n) is 7.62. The second-order valence-corrected chi connectivity index (χ2v) is 13.1. The van der Waals surface area contributed by atoms with Crippen LogP contribution in [0.15, 0.2) is 164 Å². The molecule has 0 spiro atoms. The number of para-hydroxylation sites is 1. The highest BCUT2D eigenvalue weighted by atomic mass is 32.1. The van der Waals surface area contributed by atoms with Gasteiger partial charge in [-0.05, 0) is 57.3 Å². The molecule has 0 aliphatic rings. The molecule has 46 heavy (non-hydrogen) atoms. The molecule has 10 aromatic rings. The largest absolute Gasteiger partial charge is 0.308 e. The lowest BCUT2D eigenvalue weighted by atomic mass is 9.90. The summed E-state index contributed by atoms with van der Waals surface area (Å²) >= 11 is 1.89. The Labute approximate surface area is 270 Å². The number of hydrogen-bond acceptors (Lipinski definition) is 1. The molecule has 0 radical (unpaired) electrons. The molecule has 8 aromatic carbocycles. The first kappa shape index (κ1) is 25.6. The maximum atomic E-state index is 2.51. The van der Waals surface area contributed by atoms with Crippen LogP contribution in [0.25, 0.3) is 91.5 Å². The van der Waals surface area contributed by atoms with Gasteiger partial charge in [0, 0.05) is 41.7 Å². The molecule has 0 aliphatic carbocycles. The van der Waals surface area contributed by atoms with Crippen LogP contribution in [0.1, 0.15) is 0 Å². The molecule has 0 fully saturated rings. The van der Waals surface area contributed by atoms with Crippen molar-refractivity contribution < 1.29 is 0 Å². The number of aromatic nitrogens is 1. The Kier molecular flexibility index (Phi) is 5.51. The van der Waals surface area contributed by atoms with Gasteiger partial charge in [-0.2, -0.15) is 0 Å². The first-order chi connectivity index (χ1) is 22.8.